The first kappa shape index (κ1) is 14.3. The highest BCUT2D eigenvalue weighted by molar-refractivity contribution is 7.13. The van der Waals surface area contributed by atoms with Crippen LogP contribution in [0.1, 0.15) is 56.7 Å². The van der Waals surface area contributed by atoms with Gasteiger partial charge in [0.2, 0.25) is 0 Å². The normalized spacial score (nSPS) is 12.6. The maximum atomic E-state index is 4.84. The molecular formula is C17H23NS. The maximum Gasteiger partial charge on any atom is 0.123 e. The molecule has 0 radical (unpaired) electrons. The standard InChI is InChI=1S/C17H23NS/c1-4-5-6-10-14(3)16-12-19-17(18-16)15-11-8-7-9-13(15)2/h7-9,11-12,14H,4-6,10H2,1-3H3. The molecule has 0 N–H and O–H groups in total. The van der Waals surface area contributed by atoms with E-state index in [1.165, 1.54) is 42.5 Å². The first-order valence-electron chi connectivity index (χ1n) is 7.23. The van der Waals surface area contributed by atoms with Crippen LogP contribution in [0.5, 0.6) is 0 Å². The van der Waals surface area contributed by atoms with Gasteiger partial charge in [0.1, 0.15) is 5.01 Å². The van der Waals surface area contributed by atoms with Crippen LogP contribution in [0.25, 0.3) is 10.6 Å². The predicted molar refractivity (Wildman–Crippen MR) is 84.8 cm³/mol. The van der Waals surface area contributed by atoms with Gasteiger partial charge < -0.3 is 0 Å². The molecule has 2 rings (SSSR count). The van der Waals surface area contributed by atoms with Crippen LogP contribution in [-0.2, 0) is 0 Å². The number of hydrogen-bond donors (Lipinski definition) is 0. The lowest BCUT2D eigenvalue weighted by atomic mass is 10.0. The monoisotopic (exact) mass is 273 g/mol. The van der Waals surface area contributed by atoms with E-state index in [1.54, 1.807) is 11.3 Å². The molecular weight excluding hydrogens is 250 g/mol. The Morgan fingerprint density at radius 1 is 1.21 bits per heavy atom. The fourth-order valence-electron chi connectivity index (χ4n) is 2.30. The molecule has 0 aliphatic heterocycles. The summed E-state index contributed by atoms with van der Waals surface area (Å²) in [7, 11) is 0. The van der Waals surface area contributed by atoms with Crippen molar-refractivity contribution < 1.29 is 0 Å². The summed E-state index contributed by atoms with van der Waals surface area (Å²) in [5.74, 6) is 0.584. The number of thiazole rings is 1. The van der Waals surface area contributed by atoms with E-state index in [0.29, 0.717) is 5.92 Å². The Morgan fingerprint density at radius 3 is 2.74 bits per heavy atom. The van der Waals surface area contributed by atoms with Gasteiger partial charge >= 0.3 is 0 Å². The van der Waals surface area contributed by atoms with Gasteiger partial charge in [-0.05, 0) is 24.8 Å². The van der Waals surface area contributed by atoms with E-state index in [1.807, 2.05) is 0 Å². The second kappa shape index (κ2) is 6.85. The summed E-state index contributed by atoms with van der Waals surface area (Å²) in [6.45, 7) is 6.71. The van der Waals surface area contributed by atoms with Gasteiger partial charge in [-0.1, -0.05) is 57.4 Å². The van der Waals surface area contributed by atoms with Gasteiger partial charge in [0, 0.05) is 10.9 Å². The summed E-state index contributed by atoms with van der Waals surface area (Å²) in [6.07, 6.45) is 5.19. The van der Waals surface area contributed by atoms with Crippen molar-refractivity contribution in [3.05, 3.63) is 40.9 Å². The minimum Gasteiger partial charge on any atom is -0.241 e. The fourth-order valence-corrected chi connectivity index (χ4v) is 3.33. The Morgan fingerprint density at radius 2 is 2.00 bits per heavy atom. The number of benzene rings is 1. The summed E-state index contributed by atoms with van der Waals surface area (Å²) in [6, 6.07) is 8.50. The first-order chi connectivity index (χ1) is 9.22. The largest absolute Gasteiger partial charge is 0.241 e. The van der Waals surface area contributed by atoms with Crippen molar-refractivity contribution in [2.75, 3.05) is 0 Å². The summed E-state index contributed by atoms with van der Waals surface area (Å²) in [5, 5.41) is 3.40. The minimum atomic E-state index is 0.584. The molecule has 19 heavy (non-hydrogen) atoms. The molecule has 1 unspecified atom stereocenters. The van der Waals surface area contributed by atoms with E-state index < -0.39 is 0 Å². The van der Waals surface area contributed by atoms with Crippen LogP contribution in [0.2, 0.25) is 0 Å². The molecule has 0 aliphatic rings. The van der Waals surface area contributed by atoms with Crippen molar-refractivity contribution in [1.82, 2.24) is 4.98 Å². The molecule has 0 saturated carbocycles. The van der Waals surface area contributed by atoms with Crippen molar-refractivity contribution >= 4 is 11.3 Å². The van der Waals surface area contributed by atoms with Crippen molar-refractivity contribution in [3.8, 4) is 10.6 Å². The first-order valence-corrected chi connectivity index (χ1v) is 8.11. The summed E-state index contributed by atoms with van der Waals surface area (Å²) in [4.78, 5) is 4.84. The summed E-state index contributed by atoms with van der Waals surface area (Å²) >= 11 is 1.77. The average molecular weight is 273 g/mol. The molecule has 0 saturated heterocycles. The molecule has 1 heterocycles. The van der Waals surface area contributed by atoms with Crippen molar-refractivity contribution in [1.29, 1.82) is 0 Å². The van der Waals surface area contributed by atoms with E-state index >= 15 is 0 Å². The van der Waals surface area contributed by atoms with E-state index in [4.69, 9.17) is 4.98 Å². The second-order valence-electron chi connectivity index (χ2n) is 5.29. The van der Waals surface area contributed by atoms with Crippen molar-refractivity contribution in [2.45, 2.75) is 52.4 Å². The Balaban J connectivity index is 2.09. The van der Waals surface area contributed by atoms with Gasteiger partial charge in [0.05, 0.1) is 5.69 Å². The molecule has 102 valence electrons. The number of hydrogen-bond acceptors (Lipinski definition) is 2. The molecule has 0 amide bonds. The van der Waals surface area contributed by atoms with E-state index in [-0.39, 0.29) is 0 Å². The van der Waals surface area contributed by atoms with Crippen LogP contribution in [0.3, 0.4) is 0 Å². The van der Waals surface area contributed by atoms with Crippen LogP contribution >= 0.6 is 11.3 Å². The van der Waals surface area contributed by atoms with Crippen LogP contribution in [0.4, 0.5) is 0 Å². The van der Waals surface area contributed by atoms with Crippen LogP contribution < -0.4 is 0 Å². The Labute approximate surface area is 120 Å². The van der Waals surface area contributed by atoms with Crippen LogP contribution in [0, 0.1) is 6.92 Å². The summed E-state index contributed by atoms with van der Waals surface area (Å²) in [5.41, 5.74) is 3.85. The molecule has 1 nitrogen and oxygen atoms in total. The molecule has 0 bridgehead atoms. The number of nitrogens with zero attached hydrogens (tertiary/aromatic N) is 1. The SMILES string of the molecule is CCCCCC(C)c1csc(-c2ccccc2C)n1. The number of aromatic nitrogens is 1. The van der Waals surface area contributed by atoms with Crippen molar-refractivity contribution in [3.63, 3.8) is 0 Å². The molecule has 2 heteroatoms. The average Bonchev–Trinajstić information content (AvgIpc) is 2.89. The quantitative estimate of drug-likeness (QED) is 0.606. The topological polar surface area (TPSA) is 12.9 Å². The lowest BCUT2D eigenvalue weighted by Gasteiger charge is -2.07. The van der Waals surface area contributed by atoms with E-state index in [0.717, 1.165) is 5.01 Å². The zero-order valence-corrected chi connectivity index (χ0v) is 13.0. The number of aryl methyl sites for hydroxylation is 1. The third-order valence-corrected chi connectivity index (χ3v) is 4.54. The van der Waals surface area contributed by atoms with Gasteiger partial charge in [0.15, 0.2) is 0 Å². The zero-order valence-electron chi connectivity index (χ0n) is 12.1. The smallest absolute Gasteiger partial charge is 0.123 e. The predicted octanol–water partition coefficient (Wildman–Crippen LogP) is 5.80. The maximum absolute atomic E-state index is 4.84. The summed E-state index contributed by atoms with van der Waals surface area (Å²) < 4.78 is 0. The van der Waals surface area contributed by atoms with Crippen LogP contribution in [0.15, 0.2) is 29.6 Å². The van der Waals surface area contributed by atoms with Gasteiger partial charge in [-0.2, -0.15) is 0 Å². The third kappa shape index (κ3) is 3.66. The lowest BCUT2D eigenvalue weighted by molar-refractivity contribution is 0.590. The molecule has 0 aliphatic carbocycles. The third-order valence-electron chi connectivity index (χ3n) is 3.64. The van der Waals surface area contributed by atoms with Gasteiger partial charge in [0.25, 0.3) is 0 Å². The molecule has 1 atom stereocenters. The Kier molecular flexibility index (Phi) is 5.15. The lowest BCUT2D eigenvalue weighted by Crippen LogP contribution is -1.94. The number of unbranched alkanes of at least 4 members (excludes halogenated alkanes) is 2. The second-order valence-corrected chi connectivity index (χ2v) is 6.15. The molecule has 1 aromatic carbocycles. The molecule has 2 aromatic rings. The highest BCUT2D eigenvalue weighted by atomic mass is 32.1. The van der Waals surface area contributed by atoms with Gasteiger partial charge in [-0.25, -0.2) is 4.98 Å². The van der Waals surface area contributed by atoms with Crippen LogP contribution in [-0.4, -0.2) is 4.98 Å². The Hall–Kier alpha value is -1.15. The fraction of sp³-hybridized carbons (Fsp3) is 0.471. The zero-order chi connectivity index (χ0) is 13.7. The molecule has 0 fully saturated rings. The molecule has 0 spiro atoms. The van der Waals surface area contributed by atoms with Gasteiger partial charge in [-0.15, -0.1) is 11.3 Å². The molecule has 1 aromatic heterocycles. The Bertz CT molecular complexity index is 515. The minimum absolute atomic E-state index is 0.584. The highest BCUT2D eigenvalue weighted by Gasteiger charge is 2.11. The van der Waals surface area contributed by atoms with Gasteiger partial charge in [-0.3, -0.25) is 0 Å². The van der Waals surface area contributed by atoms with E-state index in [9.17, 15) is 0 Å². The van der Waals surface area contributed by atoms with E-state index in [2.05, 4.69) is 50.4 Å². The number of rotatable bonds is 6. The van der Waals surface area contributed by atoms with Crippen molar-refractivity contribution in [2.24, 2.45) is 0 Å². The highest BCUT2D eigenvalue weighted by Crippen LogP contribution is 2.30.